The van der Waals surface area contributed by atoms with E-state index in [1.807, 2.05) is 13.0 Å². The van der Waals surface area contributed by atoms with Crippen molar-refractivity contribution in [2.24, 2.45) is 5.41 Å². The lowest BCUT2D eigenvalue weighted by Crippen LogP contribution is -2.55. The largest absolute Gasteiger partial charge is 0.444 e. The van der Waals surface area contributed by atoms with Crippen molar-refractivity contribution >= 4 is 27.9 Å². The molecule has 3 amide bonds. The van der Waals surface area contributed by atoms with Gasteiger partial charge in [0.1, 0.15) is 24.0 Å². The number of nitrogens with one attached hydrogen (secondary N) is 2. The second-order valence-corrected chi connectivity index (χ2v) is 15.1. The van der Waals surface area contributed by atoms with Gasteiger partial charge in [-0.25, -0.2) is 22.2 Å². The van der Waals surface area contributed by atoms with Crippen molar-refractivity contribution in [1.82, 2.24) is 24.5 Å². The number of carbonyl (C=O) groups excluding carboxylic acids is 3. The molecule has 1 saturated carbocycles. The minimum atomic E-state index is -3.94. The van der Waals surface area contributed by atoms with Crippen LogP contribution in [0.2, 0.25) is 0 Å². The first-order valence-corrected chi connectivity index (χ1v) is 16.8. The van der Waals surface area contributed by atoms with E-state index >= 15 is 0 Å². The fourth-order valence-corrected chi connectivity index (χ4v) is 6.80. The number of alkyl carbamates (subject to hydrolysis) is 1. The molecular formula is C33H41N5O7S. The van der Waals surface area contributed by atoms with Crippen molar-refractivity contribution in [1.29, 1.82) is 0 Å². The molecule has 3 atom stereocenters. The van der Waals surface area contributed by atoms with Crippen LogP contribution >= 0.6 is 0 Å². The molecule has 3 aromatic rings. The summed E-state index contributed by atoms with van der Waals surface area (Å²) in [7, 11) is -3.94. The van der Waals surface area contributed by atoms with Crippen LogP contribution in [0.4, 0.5) is 4.79 Å². The molecule has 1 saturated heterocycles. The lowest BCUT2D eigenvalue weighted by molar-refractivity contribution is -0.140. The number of ether oxygens (including phenoxy) is 1. The number of aliphatic hydroxyl groups excluding tert-OH is 1. The van der Waals surface area contributed by atoms with Gasteiger partial charge in [-0.05, 0) is 70.1 Å². The third-order valence-electron chi connectivity index (χ3n) is 8.32. The Morgan fingerprint density at radius 3 is 2.39 bits per heavy atom. The molecule has 2 aromatic carbocycles. The van der Waals surface area contributed by atoms with Gasteiger partial charge in [-0.1, -0.05) is 48.0 Å². The predicted octanol–water partition coefficient (Wildman–Crippen LogP) is 3.10. The van der Waals surface area contributed by atoms with E-state index < -0.39 is 51.7 Å². The summed E-state index contributed by atoms with van der Waals surface area (Å²) >= 11 is 0. The van der Waals surface area contributed by atoms with Crippen LogP contribution in [0.3, 0.4) is 0 Å². The average Bonchev–Trinajstić information content (AvgIpc) is 3.40. The van der Waals surface area contributed by atoms with Gasteiger partial charge in [0.15, 0.2) is 0 Å². The number of rotatable bonds is 10. The van der Waals surface area contributed by atoms with E-state index in [0.29, 0.717) is 18.5 Å². The standard InChI is InChI=1S/C33H41N5O7S/c1-22-10-12-25(13-11-22)46(43,44)37-19-24(35-21-37)16-26(36-31(42)45-32(2,3)4)30(41)38-20-33(14-15-33)17-27(38)29(40)34-18-28(39)23-8-6-5-7-9-23/h5-13,19,21,26-28,39H,14-18,20H2,1-4H3,(H,34,40)(H,36,42)/t26?,27-,28?/m1/s1. The van der Waals surface area contributed by atoms with Gasteiger partial charge < -0.3 is 25.4 Å². The predicted molar refractivity (Wildman–Crippen MR) is 169 cm³/mol. The summed E-state index contributed by atoms with van der Waals surface area (Å²) in [5.74, 6) is -0.897. The summed E-state index contributed by atoms with van der Waals surface area (Å²) in [5, 5.41) is 16.0. The van der Waals surface area contributed by atoms with Crippen LogP contribution in [-0.4, -0.2) is 76.1 Å². The summed E-state index contributed by atoms with van der Waals surface area (Å²) in [5.41, 5.74) is 0.808. The number of nitrogens with zero attached hydrogens (tertiary/aromatic N) is 3. The van der Waals surface area contributed by atoms with Crippen molar-refractivity contribution in [3.05, 3.63) is 83.9 Å². The molecule has 3 N–H and O–H groups in total. The number of carbonyl (C=O) groups is 3. The molecule has 1 aromatic heterocycles. The first-order valence-electron chi connectivity index (χ1n) is 15.3. The normalized spacial score (nSPS) is 18.5. The molecule has 2 fully saturated rings. The number of benzene rings is 2. The number of hydrogen-bond donors (Lipinski definition) is 3. The summed E-state index contributed by atoms with van der Waals surface area (Å²) in [4.78, 5) is 46.3. The number of hydrogen-bond acceptors (Lipinski definition) is 8. The first-order chi connectivity index (χ1) is 21.7. The smallest absolute Gasteiger partial charge is 0.408 e. The fraction of sp³-hybridized carbons (Fsp3) is 0.455. The lowest BCUT2D eigenvalue weighted by Gasteiger charge is -2.29. The average molecular weight is 652 g/mol. The molecule has 2 unspecified atom stereocenters. The third kappa shape index (κ3) is 7.76. The Kier molecular flexibility index (Phi) is 9.28. The Bertz CT molecular complexity index is 1680. The van der Waals surface area contributed by atoms with E-state index in [1.54, 1.807) is 57.2 Å². The molecule has 246 valence electrons. The SMILES string of the molecule is Cc1ccc(S(=O)(=O)n2cnc(CC(NC(=O)OC(C)(C)C)C(=O)N3CC4(CC4)C[C@@H]3C(=O)NCC(O)c3ccccc3)c2)cc1. The Morgan fingerprint density at radius 1 is 1.09 bits per heavy atom. The van der Waals surface area contributed by atoms with E-state index in [9.17, 15) is 27.9 Å². The van der Waals surface area contributed by atoms with Gasteiger partial charge in [-0.15, -0.1) is 0 Å². The monoisotopic (exact) mass is 651 g/mol. The third-order valence-corrected chi connectivity index (χ3v) is 9.94. The van der Waals surface area contributed by atoms with Crippen molar-refractivity contribution in [2.45, 2.75) is 82.1 Å². The van der Waals surface area contributed by atoms with Crippen molar-refractivity contribution in [3.63, 3.8) is 0 Å². The number of aromatic nitrogens is 2. The van der Waals surface area contributed by atoms with Crippen molar-refractivity contribution < 1.29 is 32.6 Å². The summed E-state index contributed by atoms with van der Waals surface area (Å²) in [6.07, 6.45) is 2.80. The minimum absolute atomic E-state index is 0.0269. The van der Waals surface area contributed by atoms with Crippen LogP contribution < -0.4 is 10.6 Å². The Hall–Kier alpha value is -4.23. The van der Waals surface area contributed by atoms with Crippen molar-refractivity contribution in [2.75, 3.05) is 13.1 Å². The van der Waals surface area contributed by atoms with Crippen molar-refractivity contribution in [3.8, 4) is 0 Å². The van der Waals surface area contributed by atoms with E-state index in [-0.39, 0.29) is 29.0 Å². The van der Waals surface area contributed by atoms with Crippen LogP contribution in [0, 0.1) is 12.3 Å². The summed E-state index contributed by atoms with van der Waals surface area (Å²) in [6.45, 7) is 7.26. The molecule has 0 radical (unpaired) electrons. The zero-order valence-corrected chi connectivity index (χ0v) is 27.3. The molecule has 46 heavy (non-hydrogen) atoms. The van der Waals surface area contributed by atoms with Gasteiger partial charge in [0, 0.05) is 25.7 Å². The molecule has 2 heterocycles. The number of amides is 3. The summed E-state index contributed by atoms with van der Waals surface area (Å²) in [6, 6.07) is 13.4. The lowest BCUT2D eigenvalue weighted by atomic mass is 10.0. The fourth-order valence-electron chi connectivity index (χ4n) is 5.64. The zero-order chi connectivity index (χ0) is 33.3. The van der Waals surface area contributed by atoms with E-state index in [2.05, 4.69) is 15.6 Å². The van der Waals surface area contributed by atoms with Gasteiger partial charge in [0.25, 0.3) is 10.0 Å². The Labute approximate surface area is 269 Å². The molecule has 5 rings (SSSR count). The number of aryl methyl sites for hydroxylation is 1. The molecule has 1 aliphatic carbocycles. The van der Waals surface area contributed by atoms with Gasteiger partial charge in [-0.3, -0.25) is 9.59 Å². The van der Waals surface area contributed by atoms with Gasteiger partial charge in [0.05, 0.1) is 16.7 Å². The van der Waals surface area contributed by atoms with Gasteiger partial charge in [-0.2, -0.15) is 0 Å². The molecular weight excluding hydrogens is 610 g/mol. The quantitative estimate of drug-likeness (QED) is 0.302. The zero-order valence-electron chi connectivity index (χ0n) is 26.5. The van der Waals surface area contributed by atoms with Crippen LogP contribution in [0.25, 0.3) is 0 Å². The van der Waals surface area contributed by atoms with Gasteiger partial charge >= 0.3 is 6.09 Å². The second-order valence-electron chi connectivity index (χ2n) is 13.3. The highest BCUT2D eigenvalue weighted by molar-refractivity contribution is 7.90. The molecule has 0 bridgehead atoms. The van der Waals surface area contributed by atoms with Crippen LogP contribution in [0.1, 0.15) is 63.0 Å². The maximum atomic E-state index is 14.2. The summed E-state index contributed by atoms with van der Waals surface area (Å²) < 4.78 is 32.8. The maximum absolute atomic E-state index is 14.2. The van der Waals surface area contributed by atoms with E-state index in [4.69, 9.17) is 4.74 Å². The highest BCUT2D eigenvalue weighted by atomic mass is 32.2. The maximum Gasteiger partial charge on any atom is 0.408 e. The number of aliphatic hydroxyl groups is 1. The first kappa shape index (κ1) is 33.1. The topological polar surface area (TPSA) is 160 Å². The molecule has 12 nitrogen and oxygen atoms in total. The minimum Gasteiger partial charge on any atom is -0.444 e. The molecule has 1 aliphatic heterocycles. The molecule has 1 spiro atoms. The van der Waals surface area contributed by atoms with E-state index in [1.165, 1.54) is 23.2 Å². The molecule has 13 heteroatoms. The Morgan fingerprint density at radius 2 is 1.76 bits per heavy atom. The van der Waals surface area contributed by atoms with E-state index in [0.717, 1.165) is 28.7 Å². The van der Waals surface area contributed by atoms with Crippen LogP contribution in [0.5, 0.6) is 0 Å². The highest BCUT2D eigenvalue weighted by Gasteiger charge is 2.56. The number of likely N-dealkylation sites (tertiary alicyclic amines) is 1. The number of imidazole rings is 1. The second kappa shape index (κ2) is 12.9. The van der Waals surface area contributed by atoms with Crippen LogP contribution in [0.15, 0.2) is 72.0 Å². The Balaban J connectivity index is 1.35. The molecule has 2 aliphatic rings. The van der Waals surface area contributed by atoms with Crippen LogP contribution in [-0.2, 0) is 30.8 Å². The van der Waals surface area contributed by atoms with Gasteiger partial charge in [0.2, 0.25) is 11.8 Å². The highest BCUT2D eigenvalue weighted by Crippen LogP contribution is 2.55.